The van der Waals surface area contributed by atoms with Gasteiger partial charge in [-0.2, -0.15) is 0 Å². The van der Waals surface area contributed by atoms with Crippen LogP contribution in [-0.2, 0) is 20.8 Å². The molecule has 0 N–H and O–H groups in total. The first kappa shape index (κ1) is 20.7. The van der Waals surface area contributed by atoms with E-state index in [4.69, 9.17) is 14.2 Å². The molecule has 1 aliphatic rings. The van der Waals surface area contributed by atoms with Gasteiger partial charge in [-0.15, -0.1) is 0 Å². The molecule has 0 unspecified atom stereocenters. The molecule has 1 amide bonds. The van der Waals surface area contributed by atoms with Gasteiger partial charge in [-0.05, 0) is 39.2 Å². The van der Waals surface area contributed by atoms with Crippen molar-refractivity contribution in [2.24, 2.45) is 5.92 Å². The van der Waals surface area contributed by atoms with Crippen molar-refractivity contribution >= 4 is 6.09 Å². The molecule has 0 aromatic heterocycles. The van der Waals surface area contributed by atoms with E-state index >= 15 is 0 Å². The van der Waals surface area contributed by atoms with Gasteiger partial charge in [0.2, 0.25) is 0 Å². The minimum Gasteiger partial charge on any atom is -0.444 e. The van der Waals surface area contributed by atoms with Crippen LogP contribution < -0.4 is 0 Å². The zero-order chi connectivity index (χ0) is 19.0. The number of benzene rings is 1. The number of nitrogens with zero attached hydrogens (tertiary/aromatic N) is 1. The van der Waals surface area contributed by atoms with Crippen LogP contribution in [0.15, 0.2) is 30.3 Å². The second kappa shape index (κ2) is 9.93. The highest BCUT2D eigenvalue weighted by Crippen LogP contribution is 2.18. The maximum Gasteiger partial charge on any atom is 0.410 e. The third-order valence-electron chi connectivity index (χ3n) is 4.41. The summed E-state index contributed by atoms with van der Waals surface area (Å²) < 4.78 is 17.3. The Hall–Kier alpha value is -1.59. The molecule has 0 radical (unpaired) electrons. The van der Waals surface area contributed by atoms with Gasteiger partial charge in [-0.25, -0.2) is 4.79 Å². The Morgan fingerprint density at radius 2 is 1.96 bits per heavy atom. The van der Waals surface area contributed by atoms with E-state index in [2.05, 4.69) is 19.1 Å². The fourth-order valence-corrected chi connectivity index (χ4v) is 2.83. The molecule has 5 nitrogen and oxygen atoms in total. The van der Waals surface area contributed by atoms with Gasteiger partial charge in [0.25, 0.3) is 0 Å². The van der Waals surface area contributed by atoms with Crippen LogP contribution in [0.25, 0.3) is 0 Å². The SMILES string of the molecule is CC[C@H](COCc1ccccc1)CO[C@H]1CCN(C(=O)OC(C)(C)C)C1. The van der Waals surface area contributed by atoms with Crippen molar-refractivity contribution in [1.82, 2.24) is 4.90 Å². The first-order chi connectivity index (χ1) is 12.4. The molecule has 0 aliphatic carbocycles. The zero-order valence-corrected chi connectivity index (χ0v) is 16.6. The van der Waals surface area contributed by atoms with Crippen LogP contribution >= 0.6 is 0 Å². The Balaban J connectivity index is 1.66. The third-order valence-corrected chi connectivity index (χ3v) is 4.41. The number of hydrogen-bond donors (Lipinski definition) is 0. The molecule has 1 heterocycles. The standard InChI is InChI=1S/C21H33NO4/c1-5-17(14-24-15-18-9-7-6-8-10-18)16-25-19-11-12-22(13-19)20(23)26-21(2,3)4/h6-10,17,19H,5,11-16H2,1-4H3/t17-,19+/m1/s1. The number of carbonyl (C=O) groups is 1. The average molecular weight is 363 g/mol. The van der Waals surface area contributed by atoms with Gasteiger partial charge in [0, 0.05) is 12.5 Å². The summed E-state index contributed by atoms with van der Waals surface area (Å²) in [6.45, 7) is 11.1. The molecule has 5 heteroatoms. The maximum atomic E-state index is 12.1. The highest BCUT2D eigenvalue weighted by molar-refractivity contribution is 5.68. The predicted molar refractivity (Wildman–Crippen MR) is 102 cm³/mol. The van der Waals surface area contributed by atoms with E-state index in [1.165, 1.54) is 5.56 Å². The van der Waals surface area contributed by atoms with E-state index in [1.54, 1.807) is 4.90 Å². The van der Waals surface area contributed by atoms with Crippen LogP contribution in [0.1, 0.15) is 46.1 Å². The Morgan fingerprint density at radius 3 is 2.62 bits per heavy atom. The van der Waals surface area contributed by atoms with Crippen LogP contribution in [0.3, 0.4) is 0 Å². The van der Waals surface area contributed by atoms with Crippen molar-refractivity contribution in [2.45, 2.75) is 58.8 Å². The van der Waals surface area contributed by atoms with Gasteiger partial charge in [0.1, 0.15) is 5.60 Å². The smallest absolute Gasteiger partial charge is 0.410 e. The third kappa shape index (κ3) is 7.34. The number of amides is 1. The molecule has 26 heavy (non-hydrogen) atoms. The number of hydrogen-bond acceptors (Lipinski definition) is 4. The van der Waals surface area contributed by atoms with Gasteiger partial charge in [-0.1, -0.05) is 37.3 Å². The van der Waals surface area contributed by atoms with Crippen LogP contribution in [0.2, 0.25) is 0 Å². The first-order valence-electron chi connectivity index (χ1n) is 9.58. The number of carbonyl (C=O) groups excluding carboxylic acids is 1. The lowest BCUT2D eigenvalue weighted by molar-refractivity contribution is -0.00477. The summed E-state index contributed by atoms with van der Waals surface area (Å²) in [4.78, 5) is 13.8. The monoisotopic (exact) mass is 363 g/mol. The molecular formula is C21H33NO4. The van der Waals surface area contributed by atoms with Crippen molar-refractivity contribution in [3.05, 3.63) is 35.9 Å². The normalized spacial score (nSPS) is 18.8. The molecule has 0 spiro atoms. The van der Waals surface area contributed by atoms with E-state index in [-0.39, 0.29) is 12.2 Å². The number of rotatable bonds is 8. The van der Waals surface area contributed by atoms with Crippen LogP contribution in [-0.4, -0.2) is 49.0 Å². The lowest BCUT2D eigenvalue weighted by Crippen LogP contribution is -2.36. The molecular weight excluding hydrogens is 330 g/mol. The van der Waals surface area contributed by atoms with Gasteiger partial charge >= 0.3 is 6.09 Å². The lowest BCUT2D eigenvalue weighted by Gasteiger charge is -2.24. The summed E-state index contributed by atoms with van der Waals surface area (Å²) in [7, 11) is 0. The minimum atomic E-state index is -0.459. The molecule has 146 valence electrons. The minimum absolute atomic E-state index is 0.0886. The van der Waals surface area contributed by atoms with Crippen molar-refractivity contribution in [1.29, 1.82) is 0 Å². The van der Waals surface area contributed by atoms with E-state index in [9.17, 15) is 4.79 Å². The summed E-state index contributed by atoms with van der Waals surface area (Å²) in [6.07, 6.45) is 1.71. The second-order valence-electron chi connectivity index (χ2n) is 7.95. The van der Waals surface area contributed by atoms with Crippen molar-refractivity contribution < 1.29 is 19.0 Å². The fraction of sp³-hybridized carbons (Fsp3) is 0.667. The van der Waals surface area contributed by atoms with Gasteiger partial charge < -0.3 is 19.1 Å². The van der Waals surface area contributed by atoms with Gasteiger partial charge in [0.15, 0.2) is 0 Å². The van der Waals surface area contributed by atoms with E-state index < -0.39 is 5.60 Å². The quantitative estimate of drug-likeness (QED) is 0.692. The predicted octanol–water partition coefficient (Wildman–Crippen LogP) is 4.26. The average Bonchev–Trinajstić information content (AvgIpc) is 3.06. The molecule has 2 atom stereocenters. The van der Waals surface area contributed by atoms with Crippen LogP contribution in [0, 0.1) is 5.92 Å². The van der Waals surface area contributed by atoms with Gasteiger partial charge in [-0.3, -0.25) is 0 Å². The van der Waals surface area contributed by atoms with Gasteiger partial charge in [0.05, 0.1) is 32.5 Å². The van der Waals surface area contributed by atoms with Crippen molar-refractivity contribution in [3.63, 3.8) is 0 Å². The number of likely N-dealkylation sites (tertiary alicyclic amines) is 1. The van der Waals surface area contributed by atoms with E-state index in [0.717, 1.165) is 12.8 Å². The zero-order valence-electron chi connectivity index (χ0n) is 16.6. The van der Waals surface area contributed by atoms with Crippen molar-refractivity contribution in [2.75, 3.05) is 26.3 Å². The molecule has 2 rings (SSSR count). The fourth-order valence-electron chi connectivity index (χ4n) is 2.83. The Bertz CT molecular complexity index is 541. The van der Waals surface area contributed by atoms with Crippen LogP contribution in [0.4, 0.5) is 4.79 Å². The molecule has 0 bridgehead atoms. The molecule has 1 aromatic carbocycles. The summed E-state index contributed by atoms with van der Waals surface area (Å²) in [6, 6.07) is 10.2. The summed E-state index contributed by atoms with van der Waals surface area (Å²) in [5.74, 6) is 0.370. The topological polar surface area (TPSA) is 48.0 Å². The molecule has 1 aromatic rings. The van der Waals surface area contributed by atoms with E-state index in [0.29, 0.717) is 38.8 Å². The highest BCUT2D eigenvalue weighted by Gasteiger charge is 2.30. The second-order valence-corrected chi connectivity index (χ2v) is 7.95. The summed E-state index contributed by atoms with van der Waals surface area (Å²) in [5.41, 5.74) is 0.728. The summed E-state index contributed by atoms with van der Waals surface area (Å²) in [5, 5.41) is 0. The summed E-state index contributed by atoms with van der Waals surface area (Å²) >= 11 is 0. The Labute approximate surface area is 157 Å². The van der Waals surface area contributed by atoms with E-state index in [1.807, 2.05) is 39.0 Å². The molecule has 0 saturated carbocycles. The Kier molecular flexibility index (Phi) is 7.91. The molecule has 1 saturated heterocycles. The molecule has 1 aliphatic heterocycles. The lowest BCUT2D eigenvalue weighted by atomic mass is 10.1. The first-order valence-corrected chi connectivity index (χ1v) is 9.58. The van der Waals surface area contributed by atoms with Crippen LogP contribution in [0.5, 0.6) is 0 Å². The van der Waals surface area contributed by atoms with Crippen molar-refractivity contribution in [3.8, 4) is 0 Å². The Morgan fingerprint density at radius 1 is 1.23 bits per heavy atom. The maximum absolute atomic E-state index is 12.1. The highest BCUT2D eigenvalue weighted by atomic mass is 16.6. The molecule has 1 fully saturated rings. The largest absolute Gasteiger partial charge is 0.444 e. The number of ether oxygens (including phenoxy) is 3.